The minimum Gasteiger partial charge on any atom is -0.393 e. The largest absolute Gasteiger partial charge is 0.436 e. The lowest BCUT2D eigenvalue weighted by Gasteiger charge is -2.61. The molecule has 0 saturated heterocycles. The standard InChI is InChI=1S/C30H53N3O3/c1-19(2)31-16-17-33(20(3)4)28(35)36-32-21(5)25-10-11-26-24-9-8-22-18-23(34)12-14-29(22,6)27(24)13-15-30(25,26)7/h19-20,22-27,31,34H,8-18H2,1-7H3/b32-21+/t22-,23-,24+,25-,26+,27+,29+,30-/m1/s1. The molecule has 4 saturated carbocycles. The van der Waals surface area contributed by atoms with Crippen molar-refractivity contribution in [2.24, 2.45) is 45.6 Å². The second-order valence-electron chi connectivity index (χ2n) is 13.7. The van der Waals surface area contributed by atoms with E-state index < -0.39 is 0 Å². The Balaban J connectivity index is 1.41. The van der Waals surface area contributed by atoms with Crippen molar-refractivity contribution in [2.45, 2.75) is 124 Å². The highest BCUT2D eigenvalue weighted by molar-refractivity contribution is 5.85. The average molecular weight is 504 g/mol. The van der Waals surface area contributed by atoms with Gasteiger partial charge in [-0.2, -0.15) is 0 Å². The first-order valence-electron chi connectivity index (χ1n) is 14.9. The molecule has 4 rings (SSSR count). The summed E-state index contributed by atoms with van der Waals surface area (Å²) in [5, 5.41) is 18.1. The van der Waals surface area contributed by atoms with Crippen molar-refractivity contribution >= 4 is 11.8 Å². The highest BCUT2D eigenvalue weighted by atomic mass is 16.7. The molecule has 206 valence electrons. The van der Waals surface area contributed by atoms with Crippen LogP contribution in [-0.2, 0) is 4.84 Å². The number of fused-ring (bicyclic) bond motifs is 5. The van der Waals surface area contributed by atoms with E-state index in [-0.39, 0.29) is 23.7 Å². The van der Waals surface area contributed by atoms with Crippen molar-refractivity contribution in [1.82, 2.24) is 10.2 Å². The number of carbonyl (C=O) groups is 1. The molecule has 4 aliphatic rings. The van der Waals surface area contributed by atoms with Crippen molar-refractivity contribution in [2.75, 3.05) is 13.1 Å². The van der Waals surface area contributed by atoms with Gasteiger partial charge < -0.3 is 15.3 Å². The summed E-state index contributed by atoms with van der Waals surface area (Å²) < 4.78 is 0. The molecule has 2 N–H and O–H groups in total. The van der Waals surface area contributed by atoms with Gasteiger partial charge in [0.2, 0.25) is 0 Å². The number of nitrogens with zero attached hydrogens (tertiary/aromatic N) is 2. The fraction of sp³-hybridized carbons (Fsp3) is 0.933. The van der Waals surface area contributed by atoms with E-state index in [9.17, 15) is 9.90 Å². The van der Waals surface area contributed by atoms with E-state index >= 15 is 0 Å². The quantitative estimate of drug-likeness (QED) is 0.245. The number of amides is 1. The van der Waals surface area contributed by atoms with Crippen LogP contribution in [0.4, 0.5) is 4.79 Å². The molecule has 0 aromatic rings. The lowest BCUT2D eigenvalue weighted by molar-refractivity contribution is -0.123. The van der Waals surface area contributed by atoms with Crippen molar-refractivity contribution in [3.8, 4) is 0 Å². The number of aliphatic hydroxyl groups is 1. The minimum atomic E-state index is -0.343. The Labute approximate surface area is 220 Å². The van der Waals surface area contributed by atoms with Crippen LogP contribution in [0.15, 0.2) is 5.16 Å². The van der Waals surface area contributed by atoms with Crippen molar-refractivity contribution in [3.05, 3.63) is 0 Å². The summed E-state index contributed by atoms with van der Waals surface area (Å²) in [6.07, 6.45) is 10.4. The summed E-state index contributed by atoms with van der Waals surface area (Å²) >= 11 is 0. The zero-order valence-electron chi connectivity index (χ0n) is 24.1. The fourth-order valence-corrected chi connectivity index (χ4v) is 9.18. The van der Waals surface area contributed by atoms with Gasteiger partial charge in [0.1, 0.15) is 0 Å². The van der Waals surface area contributed by atoms with Crippen LogP contribution in [0.3, 0.4) is 0 Å². The van der Waals surface area contributed by atoms with E-state index in [0.717, 1.165) is 49.3 Å². The van der Waals surface area contributed by atoms with Gasteiger partial charge >= 0.3 is 6.09 Å². The molecule has 0 aromatic heterocycles. The lowest BCUT2D eigenvalue weighted by atomic mass is 9.44. The first-order chi connectivity index (χ1) is 17.0. The molecule has 8 atom stereocenters. The number of hydrogen-bond donors (Lipinski definition) is 2. The third kappa shape index (κ3) is 5.23. The van der Waals surface area contributed by atoms with Gasteiger partial charge in [-0.05, 0) is 113 Å². The monoisotopic (exact) mass is 503 g/mol. The van der Waals surface area contributed by atoms with E-state index in [4.69, 9.17) is 4.84 Å². The molecule has 6 nitrogen and oxygen atoms in total. The number of nitrogens with one attached hydrogen (secondary N) is 1. The van der Waals surface area contributed by atoms with Gasteiger partial charge in [-0.3, -0.25) is 4.84 Å². The maximum absolute atomic E-state index is 12.9. The maximum Gasteiger partial charge on any atom is 0.436 e. The number of aliphatic hydroxyl groups excluding tert-OH is 1. The molecule has 0 heterocycles. The Kier molecular flexibility index (Phi) is 8.46. The number of oxime groups is 1. The second-order valence-corrected chi connectivity index (χ2v) is 13.7. The zero-order valence-corrected chi connectivity index (χ0v) is 24.1. The van der Waals surface area contributed by atoms with E-state index in [1.165, 1.54) is 38.5 Å². The van der Waals surface area contributed by atoms with Crippen LogP contribution in [0.1, 0.15) is 106 Å². The van der Waals surface area contributed by atoms with Crippen LogP contribution >= 0.6 is 0 Å². The average Bonchev–Trinajstić information content (AvgIpc) is 3.17. The van der Waals surface area contributed by atoms with E-state index in [2.05, 4.69) is 45.1 Å². The van der Waals surface area contributed by atoms with Crippen LogP contribution in [0, 0.1) is 40.4 Å². The van der Waals surface area contributed by atoms with Crippen LogP contribution in [-0.4, -0.2) is 53.1 Å². The molecule has 4 fully saturated rings. The van der Waals surface area contributed by atoms with Crippen LogP contribution in [0.2, 0.25) is 0 Å². The zero-order chi connectivity index (χ0) is 26.3. The first-order valence-corrected chi connectivity index (χ1v) is 14.9. The normalized spacial score (nSPS) is 40.6. The SMILES string of the molecule is C/C(=N\OC(=O)N(CCNC(C)C)C(C)C)[C@H]1CC[C@H]2[C@@H]3CC[C@@H]4C[C@H](O)CC[C@]4(C)[C@H]3CC[C@]12C. The van der Waals surface area contributed by atoms with E-state index in [1.54, 1.807) is 4.90 Å². The number of hydrogen-bond acceptors (Lipinski definition) is 5. The molecular weight excluding hydrogens is 450 g/mol. The molecule has 36 heavy (non-hydrogen) atoms. The Hall–Kier alpha value is -1.14. The minimum absolute atomic E-state index is 0.0722. The molecule has 0 bridgehead atoms. The molecule has 0 spiro atoms. The number of rotatable bonds is 7. The van der Waals surface area contributed by atoms with Gasteiger partial charge in [0.15, 0.2) is 0 Å². The van der Waals surface area contributed by atoms with Gasteiger partial charge in [-0.1, -0.05) is 32.9 Å². The predicted octanol–water partition coefficient (Wildman–Crippen LogP) is 6.23. The summed E-state index contributed by atoms with van der Waals surface area (Å²) in [5.74, 6) is 3.43. The second kappa shape index (κ2) is 10.9. The van der Waals surface area contributed by atoms with E-state index in [0.29, 0.717) is 29.8 Å². The Morgan fingerprint density at radius 3 is 2.42 bits per heavy atom. The summed E-state index contributed by atoms with van der Waals surface area (Å²) in [7, 11) is 0. The third-order valence-electron chi connectivity index (χ3n) is 11.2. The van der Waals surface area contributed by atoms with Gasteiger partial charge in [0.25, 0.3) is 0 Å². The van der Waals surface area contributed by atoms with Crippen molar-refractivity contribution in [3.63, 3.8) is 0 Å². The third-order valence-corrected chi connectivity index (χ3v) is 11.2. The maximum atomic E-state index is 12.9. The molecule has 0 radical (unpaired) electrons. The Morgan fingerprint density at radius 2 is 1.72 bits per heavy atom. The van der Waals surface area contributed by atoms with Crippen LogP contribution < -0.4 is 5.32 Å². The van der Waals surface area contributed by atoms with E-state index in [1.807, 2.05) is 13.8 Å². The van der Waals surface area contributed by atoms with Gasteiger partial charge in [-0.25, -0.2) is 4.79 Å². The molecular formula is C30H53N3O3. The molecule has 6 heteroatoms. The fourth-order valence-electron chi connectivity index (χ4n) is 9.18. The molecule has 1 amide bonds. The molecule has 0 unspecified atom stereocenters. The van der Waals surface area contributed by atoms with Crippen molar-refractivity contribution < 1.29 is 14.7 Å². The van der Waals surface area contributed by atoms with Crippen molar-refractivity contribution in [1.29, 1.82) is 0 Å². The smallest absolute Gasteiger partial charge is 0.393 e. The predicted molar refractivity (Wildman–Crippen MR) is 146 cm³/mol. The van der Waals surface area contributed by atoms with Crippen LogP contribution in [0.25, 0.3) is 0 Å². The topological polar surface area (TPSA) is 74.2 Å². The summed E-state index contributed by atoms with van der Waals surface area (Å²) in [6, 6.07) is 0.465. The molecule has 4 aliphatic carbocycles. The highest BCUT2D eigenvalue weighted by Crippen LogP contribution is 2.67. The Bertz CT molecular complexity index is 813. The highest BCUT2D eigenvalue weighted by Gasteiger charge is 2.60. The van der Waals surface area contributed by atoms with Crippen LogP contribution in [0.5, 0.6) is 0 Å². The summed E-state index contributed by atoms with van der Waals surface area (Å²) in [6.45, 7) is 16.8. The summed E-state index contributed by atoms with van der Waals surface area (Å²) in [4.78, 5) is 20.2. The van der Waals surface area contributed by atoms with Gasteiger partial charge in [0.05, 0.1) is 11.8 Å². The lowest BCUT2D eigenvalue weighted by Crippen LogP contribution is -2.54. The summed E-state index contributed by atoms with van der Waals surface area (Å²) in [5.41, 5.74) is 1.65. The van der Waals surface area contributed by atoms with Gasteiger partial charge in [-0.15, -0.1) is 0 Å². The first kappa shape index (κ1) is 27.9. The number of carbonyl (C=O) groups excluding carboxylic acids is 1. The van der Waals surface area contributed by atoms with Gasteiger partial charge in [0, 0.05) is 31.1 Å². The Morgan fingerprint density at radius 1 is 1.03 bits per heavy atom. The molecule has 0 aliphatic heterocycles. The molecule has 0 aromatic carbocycles.